The van der Waals surface area contributed by atoms with Gasteiger partial charge in [0, 0.05) is 11.6 Å². The maximum atomic E-state index is 12.0. The Morgan fingerprint density at radius 3 is 2.69 bits per heavy atom. The summed E-state index contributed by atoms with van der Waals surface area (Å²) in [4.78, 5) is 12.0. The zero-order valence-electron chi connectivity index (χ0n) is 16.8. The lowest BCUT2D eigenvalue weighted by molar-refractivity contribution is -0.118. The van der Waals surface area contributed by atoms with Crippen LogP contribution in [0.1, 0.15) is 38.1 Å². The topological polar surface area (TPSA) is 78.3 Å². The minimum absolute atomic E-state index is 0.112. The maximum absolute atomic E-state index is 12.0. The summed E-state index contributed by atoms with van der Waals surface area (Å²) >= 11 is 1.39. The highest BCUT2D eigenvalue weighted by atomic mass is 32.2. The van der Waals surface area contributed by atoms with Crippen LogP contribution in [0.15, 0.2) is 23.4 Å². The SMILES string of the molecule is C#CCNC(=O)CSc1nnc(-c2ccc(OC)c(OC)c2)n1C1CCCCC1. The first-order valence-electron chi connectivity index (χ1n) is 9.68. The van der Waals surface area contributed by atoms with E-state index in [1.807, 2.05) is 18.2 Å². The molecule has 8 heteroatoms. The maximum Gasteiger partial charge on any atom is 0.231 e. The molecule has 1 aliphatic rings. The van der Waals surface area contributed by atoms with Crippen LogP contribution in [0.3, 0.4) is 0 Å². The number of carbonyl (C=O) groups is 1. The van der Waals surface area contributed by atoms with Gasteiger partial charge in [-0.1, -0.05) is 36.9 Å². The van der Waals surface area contributed by atoms with Crippen LogP contribution in [0.4, 0.5) is 0 Å². The van der Waals surface area contributed by atoms with E-state index < -0.39 is 0 Å². The monoisotopic (exact) mass is 414 g/mol. The second-order valence-corrected chi connectivity index (χ2v) is 7.75. The highest BCUT2D eigenvalue weighted by molar-refractivity contribution is 7.99. The fourth-order valence-corrected chi connectivity index (χ4v) is 4.38. The first-order chi connectivity index (χ1) is 14.2. The third-order valence-electron chi connectivity index (χ3n) is 4.97. The first kappa shape index (κ1) is 21.1. The lowest BCUT2D eigenvalue weighted by Gasteiger charge is -2.25. The van der Waals surface area contributed by atoms with Crippen LogP contribution in [0.25, 0.3) is 11.4 Å². The summed E-state index contributed by atoms with van der Waals surface area (Å²) in [6.07, 6.45) is 11.0. The van der Waals surface area contributed by atoms with Gasteiger partial charge in [-0.25, -0.2) is 0 Å². The van der Waals surface area contributed by atoms with Gasteiger partial charge in [-0.2, -0.15) is 0 Å². The average molecular weight is 415 g/mol. The molecule has 0 saturated heterocycles. The van der Waals surface area contributed by atoms with E-state index in [0.717, 1.165) is 29.4 Å². The van der Waals surface area contributed by atoms with Crippen LogP contribution in [0, 0.1) is 12.3 Å². The van der Waals surface area contributed by atoms with E-state index in [4.69, 9.17) is 15.9 Å². The molecule has 3 rings (SSSR count). The Labute approximate surface area is 175 Å². The Balaban J connectivity index is 1.91. The predicted molar refractivity (Wildman–Crippen MR) is 113 cm³/mol. The van der Waals surface area contributed by atoms with Gasteiger partial charge in [0.15, 0.2) is 22.5 Å². The molecule has 0 bridgehead atoms. The van der Waals surface area contributed by atoms with Gasteiger partial charge >= 0.3 is 0 Å². The number of hydrogen-bond donors (Lipinski definition) is 1. The molecule has 2 aromatic rings. The number of terminal acetylenes is 1. The van der Waals surface area contributed by atoms with E-state index in [1.165, 1.54) is 31.0 Å². The number of benzene rings is 1. The van der Waals surface area contributed by atoms with Gasteiger partial charge in [-0.3, -0.25) is 9.36 Å². The van der Waals surface area contributed by atoms with E-state index in [9.17, 15) is 4.79 Å². The van der Waals surface area contributed by atoms with E-state index in [1.54, 1.807) is 14.2 Å². The molecule has 1 amide bonds. The Kier molecular flexibility index (Phi) is 7.42. The molecule has 0 spiro atoms. The lowest BCUT2D eigenvalue weighted by Crippen LogP contribution is -2.25. The second kappa shape index (κ2) is 10.2. The fraction of sp³-hybridized carbons (Fsp3) is 0.476. The van der Waals surface area contributed by atoms with Crippen LogP contribution < -0.4 is 14.8 Å². The molecule has 0 radical (unpaired) electrons. The van der Waals surface area contributed by atoms with E-state index in [-0.39, 0.29) is 18.2 Å². The number of methoxy groups -OCH3 is 2. The third kappa shape index (κ3) is 5.04. The van der Waals surface area contributed by atoms with Crippen LogP contribution in [0.5, 0.6) is 11.5 Å². The molecule has 1 N–H and O–H groups in total. The molecule has 0 atom stereocenters. The molecule has 1 heterocycles. The molecule has 29 heavy (non-hydrogen) atoms. The molecule has 0 aliphatic heterocycles. The number of amides is 1. The number of thioether (sulfide) groups is 1. The zero-order chi connectivity index (χ0) is 20.6. The van der Waals surface area contributed by atoms with Crippen molar-refractivity contribution in [2.24, 2.45) is 0 Å². The van der Waals surface area contributed by atoms with Gasteiger partial charge in [0.25, 0.3) is 0 Å². The van der Waals surface area contributed by atoms with E-state index in [0.29, 0.717) is 17.5 Å². The van der Waals surface area contributed by atoms with E-state index >= 15 is 0 Å². The fourth-order valence-electron chi connectivity index (χ4n) is 3.55. The third-order valence-corrected chi connectivity index (χ3v) is 5.91. The van der Waals surface area contributed by atoms with Crippen molar-refractivity contribution in [2.75, 3.05) is 26.5 Å². The van der Waals surface area contributed by atoms with Gasteiger partial charge in [0.05, 0.1) is 26.5 Å². The lowest BCUT2D eigenvalue weighted by atomic mass is 9.95. The number of nitrogens with zero attached hydrogens (tertiary/aromatic N) is 3. The Morgan fingerprint density at radius 2 is 2.00 bits per heavy atom. The predicted octanol–water partition coefficient (Wildman–Crippen LogP) is 3.31. The standard InChI is InChI=1S/C21H26N4O3S/c1-4-12-22-19(26)14-29-21-24-23-20(25(21)16-8-6-5-7-9-16)15-10-11-17(27-2)18(13-15)28-3/h1,10-11,13,16H,5-9,12,14H2,2-3H3,(H,22,26). The van der Waals surface area contributed by atoms with Crippen molar-refractivity contribution in [2.45, 2.75) is 43.3 Å². The van der Waals surface area contributed by atoms with Crippen molar-refractivity contribution in [1.82, 2.24) is 20.1 Å². The number of nitrogens with one attached hydrogen (secondary N) is 1. The summed E-state index contributed by atoms with van der Waals surface area (Å²) in [5, 5.41) is 12.3. The van der Waals surface area contributed by atoms with Crippen molar-refractivity contribution in [1.29, 1.82) is 0 Å². The van der Waals surface area contributed by atoms with Crippen LogP contribution >= 0.6 is 11.8 Å². The molecule has 7 nitrogen and oxygen atoms in total. The number of carbonyl (C=O) groups excluding carboxylic acids is 1. The largest absolute Gasteiger partial charge is 0.493 e. The van der Waals surface area contributed by atoms with Gasteiger partial charge in [0.1, 0.15) is 0 Å². The molecule has 1 fully saturated rings. The summed E-state index contributed by atoms with van der Waals surface area (Å²) in [6.45, 7) is 0.228. The average Bonchev–Trinajstić information content (AvgIpc) is 3.20. The van der Waals surface area contributed by atoms with E-state index in [2.05, 4.69) is 26.0 Å². The zero-order valence-corrected chi connectivity index (χ0v) is 17.6. The summed E-state index contributed by atoms with van der Waals surface area (Å²) < 4.78 is 13.0. The number of hydrogen-bond acceptors (Lipinski definition) is 6. The summed E-state index contributed by atoms with van der Waals surface area (Å²) in [5.74, 6) is 4.64. The van der Waals surface area contributed by atoms with Gasteiger partial charge in [-0.15, -0.1) is 16.6 Å². The van der Waals surface area contributed by atoms with Gasteiger partial charge < -0.3 is 14.8 Å². The smallest absolute Gasteiger partial charge is 0.231 e. The molecule has 154 valence electrons. The quantitative estimate of drug-likeness (QED) is 0.527. The molecule has 1 aromatic heterocycles. The minimum atomic E-state index is -0.112. The van der Waals surface area contributed by atoms with Crippen molar-refractivity contribution in [3.8, 4) is 35.2 Å². The number of ether oxygens (including phenoxy) is 2. The summed E-state index contributed by atoms with van der Waals surface area (Å²) in [7, 11) is 3.23. The Bertz CT molecular complexity index is 885. The first-order valence-corrected chi connectivity index (χ1v) is 10.7. The van der Waals surface area contributed by atoms with Crippen molar-refractivity contribution in [3.05, 3.63) is 18.2 Å². The normalized spacial score (nSPS) is 14.2. The second-order valence-electron chi connectivity index (χ2n) is 6.81. The Morgan fingerprint density at radius 1 is 1.24 bits per heavy atom. The minimum Gasteiger partial charge on any atom is -0.493 e. The molecule has 0 unspecified atom stereocenters. The van der Waals surface area contributed by atoms with Crippen LogP contribution in [-0.2, 0) is 4.79 Å². The van der Waals surface area contributed by atoms with Gasteiger partial charge in [-0.05, 0) is 31.0 Å². The molecule has 1 aromatic carbocycles. The van der Waals surface area contributed by atoms with Crippen LogP contribution in [0.2, 0.25) is 0 Å². The van der Waals surface area contributed by atoms with Crippen molar-refractivity contribution in [3.63, 3.8) is 0 Å². The summed E-state index contributed by atoms with van der Waals surface area (Å²) in [5.41, 5.74) is 0.907. The number of rotatable bonds is 8. The molecule has 1 saturated carbocycles. The molecule has 1 aliphatic carbocycles. The van der Waals surface area contributed by atoms with Gasteiger partial charge in [0.2, 0.25) is 5.91 Å². The Hall–Kier alpha value is -2.66. The molecular formula is C21H26N4O3S. The summed E-state index contributed by atoms with van der Waals surface area (Å²) in [6, 6.07) is 6.06. The highest BCUT2D eigenvalue weighted by Crippen LogP contribution is 2.37. The van der Waals surface area contributed by atoms with Crippen molar-refractivity contribution < 1.29 is 14.3 Å². The molecular weight excluding hydrogens is 388 g/mol. The number of aromatic nitrogens is 3. The van der Waals surface area contributed by atoms with Crippen LogP contribution in [-0.4, -0.2) is 47.2 Å². The van der Waals surface area contributed by atoms with Crippen molar-refractivity contribution >= 4 is 17.7 Å². The highest BCUT2D eigenvalue weighted by Gasteiger charge is 2.25.